The second-order valence-corrected chi connectivity index (χ2v) is 4.88. The van der Waals surface area contributed by atoms with Crippen LogP contribution in [-0.4, -0.2) is 26.2 Å². The fraction of sp³-hybridized carbons (Fsp3) is 0.562. The summed E-state index contributed by atoms with van der Waals surface area (Å²) < 4.78 is 10.0. The number of hydrogen-bond donors (Lipinski definition) is 1. The zero-order valence-electron chi connectivity index (χ0n) is 12.8. The summed E-state index contributed by atoms with van der Waals surface area (Å²) in [5, 5.41) is 3.34. The average molecular weight is 279 g/mol. The first-order valence-electron chi connectivity index (χ1n) is 7.10. The Morgan fingerprint density at radius 1 is 1.25 bits per heavy atom. The van der Waals surface area contributed by atoms with E-state index in [1.807, 2.05) is 31.2 Å². The maximum absolute atomic E-state index is 11.8. The van der Waals surface area contributed by atoms with E-state index in [1.54, 1.807) is 7.11 Å². The average Bonchev–Trinajstić information content (AvgIpc) is 2.50. The number of carbonyl (C=O) groups excluding carboxylic acids is 1. The molecule has 0 spiro atoms. The predicted octanol–water partition coefficient (Wildman–Crippen LogP) is 3.08. The van der Waals surface area contributed by atoms with Crippen LogP contribution >= 0.6 is 0 Å². The number of esters is 1. The van der Waals surface area contributed by atoms with Gasteiger partial charge in [-0.05, 0) is 31.0 Å². The lowest BCUT2D eigenvalue weighted by Crippen LogP contribution is -2.39. The van der Waals surface area contributed by atoms with Crippen molar-refractivity contribution in [3.8, 4) is 5.75 Å². The van der Waals surface area contributed by atoms with E-state index >= 15 is 0 Å². The Bertz CT molecular complexity index is 403. The minimum atomic E-state index is -0.253. The highest BCUT2D eigenvalue weighted by Crippen LogP contribution is 2.18. The number of hydrogen-bond acceptors (Lipinski definition) is 4. The van der Waals surface area contributed by atoms with Gasteiger partial charge in [0, 0.05) is 6.04 Å². The lowest BCUT2D eigenvalue weighted by atomic mass is 10.0. The van der Waals surface area contributed by atoms with Crippen LogP contribution in [0, 0.1) is 0 Å². The molecule has 1 rings (SSSR count). The van der Waals surface area contributed by atoms with Crippen LogP contribution in [0.1, 0.15) is 44.7 Å². The zero-order valence-corrected chi connectivity index (χ0v) is 12.8. The highest BCUT2D eigenvalue weighted by atomic mass is 16.5. The van der Waals surface area contributed by atoms with Crippen LogP contribution in [0.3, 0.4) is 0 Å². The van der Waals surface area contributed by atoms with Crippen LogP contribution in [0.4, 0.5) is 0 Å². The van der Waals surface area contributed by atoms with Gasteiger partial charge in [0.05, 0.1) is 14.2 Å². The predicted molar refractivity (Wildman–Crippen MR) is 79.9 cm³/mol. The number of carbonyl (C=O) groups is 1. The number of nitrogens with one attached hydrogen (secondary N) is 1. The highest BCUT2D eigenvalue weighted by Gasteiger charge is 2.20. The van der Waals surface area contributed by atoms with Crippen molar-refractivity contribution < 1.29 is 14.3 Å². The molecule has 1 aromatic rings. The fourth-order valence-corrected chi connectivity index (χ4v) is 2.11. The first-order chi connectivity index (χ1) is 9.62. The molecule has 0 amide bonds. The first-order valence-corrected chi connectivity index (χ1v) is 7.10. The third-order valence-corrected chi connectivity index (χ3v) is 3.40. The summed E-state index contributed by atoms with van der Waals surface area (Å²) in [6.07, 6.45) is 2.86. The number of ether oxygens (including phenoxy) is 2. The van der Waals surface area contributed by atoms with E-state index < -0.39 is 0 Å². The monoisotopic (exact) mass is 279 g/mol. The smallest absolute Gasteiger partial charge is 0.322 e. The van der Waals surface area contributed by atoms with Gasteiger partial charge in [0.1, 0.15) is 11.8 Å². The molecule has 1 N–H and O–H groups in total. The topological polar surface area (TPSA) is 47.6 Å². The van der Waals surface area contributed by atoms with Gasteiger partial charge in [-0.1, -0.05) is 31.9 Å². The van der Waals surface area contributed by atoms with Gasteiger partial charge in [0.2, 0.25) is 0 Å². The summed E-state index contributed by atoms with van der Waals surface area (Å²) in [6, 6.07) is 7.69. The molecule has 2 atom stereocenters. The van der Waals surface area contributed by atoms with Crippen molar-refractivity contribution in [3.63, 3.8) is 0 Å². The summed E-state index contributed by atoms with van der Waals surface area (Å²) in [6.45, 7) is 4.16. The van der Waals surface area contributed by atoms with E-state index in [1.165, 1.54) is 7.11 Å². The number of rotatable bonds is 8. The molecule has 1 aromatic carbocycles. The molecular formula is C16H25NO3. The van der Waals surface area contributed by atoms with Crippen LogP contribution in [-0.2, 0) is 9.53 Å². The Hall–Kier alpha value is -1.55. The van der Waals surface area contributed by atoms with Gasteiger partial charge in [-0.2, -0.15) is 0 Å². The molecule has 20 heavy (non-hydrogen) atoms. The molecular weight excluding hydrogens is 254 g/mol. The van der Waals surface area contributed by atoms with Crippen molar-refractivity contribution in [3.05, 3.63) is 29.8 Å². The molecule has 0 aliphatic heterocycles. The Kier molecular flexibility index (Phi) is 7.09. The maximum atomic E-state index is 11.8. The summed E-state index contributed by atoms with van der Waals surface area (Å²) in [7, 11) is 3.08. The molecule has 0 saturated carbocycles. The SMILES string of the molecule is CCCCC(N[C@H](C)c1ccc(OC)cc1)C(=O)OC. The lowest BCUT2D eigenvalue weighted by Gasteiger charge is -2.22. The Morgan fingerprint density at radius 2 is 1.90 bits per heavy atom. The second kappa shape index (κ2) is 8.59. The van der Waals surface area contributed by atoms with Crippen LogP contribution in [0.5, 0.6) is 5.75 Å². The molecule has 112 valence electrons. The largest absolute Gasteiger partial charge is 0.497 e. The molecule has 0 heterocycles. The van der Waals surface area contributed by atoms with Crippen molar-refractivity contribution >= 4 is 5.97 Å². The number of benzene rings is 1. The van der Waals surface area contributed by atoms with Gasteiger partial charge in [-0.15, -0.1) is 0 Å². The van der Waals surface area contributed by atoms with Crippen LogP contribution in [0.15, 0.2) is 24.3 Å². The third kappa shape index (κ3) is 4.85. The standard InChI is InChI=1S/C16H25NO3/c1-5-6-7-15(16(18)20-4)17-12(2)13-8-10-14(19-3)11-9-13/h8-12,15,17H,5-7H2,1-4H3/t12-,15?/m1/s1. The Labute approximate surface area is 121 Å². The van der Waals surface area contributed by atoms with Crippen molar-refractivity contribution in [1.29, 1.82) is 0 Å². The summed E-state index contributed by atoms with van der Waals surface area (Å²) >= 11 is 0. The van der Waals surface area contributed by atoms with Crippen LogP contribution in [0.2, 0.25) is 0 Å². The molecule has 1 unspecified atom stereocenters. The van der Waals surface area contributed by atoms with Gasteiger partial charge in [-0.3, -0.25) is 10.1 Å². The third-order valence-electron chi connectivity index (χ3n) is 3.40. The minimum absolute atomic E-state index is 0.0851. The van der Waals surface area contributed by atoms with Gasteiger partial charge >= 0.3 is 5.97 Å². The van der Waals surface area contributed by atoms with Gasteiger partial charge in [-0.25, -0.2) is 0 Å². The van der Waals surface area contributed by atoms with E-state index in [2.05, 4.69) is 12.2 Å². The summed E-state index contributed by atoms with van der Waals surface area (Å²) in [4.78, 5) is 11.8. The Balaban J connectivity index is 2.67. The van der Waals surface area contributed by atoms with Crippen LogP contribution < -0.4 is 10.1 Å². The molecule has 4 nitrogen and oxygen atoms in total. The molecule has 4 heteroatoms. The quantitative estimate of drug-likeness (QED) is 0.743. The van der Waals surface area contributed by atoms with Gasteiger partial charge in [0.25, 0.3) is 0 Å². The molecule has 0 radical (unpaired) electrons. The van der Waals surface area contributed by atoms with Gasteiger partial charge in [0.15, 0.2) is 0 Å². The van der Waals surface area contributed by atoms with Crippen molar-refractivity contribution in [2.24, 2.45) is 0 Å². The lowest BCUT2D eigenvalue weighted by molar-refractivity contribution is -0.143. The van der Waals surface area contributed by atoms with E-state index in [4.69, 9.17) is 9.47 Å². The van der Waals surface area contributed by atoms with Gasteiger partial charge < -0.3 is 9.47 Å². The second-order valence-electron chi connectivity index (χ2n) is 4.88. The molecule has 0 aromatic heterocycles. The van der Waals surface area contributed by atoms with Crippen molar-refractivity contribution in [2.45, 2.75) is 45.2 Å². The number of unbranched alkanes of at least 4 members (excludes halogenated alkanes) is 1. The first kappa shape index (κ1) is 16.5. The summed E-state index contributed by atoms with van der Waals surface area (Å²) in [5.74, 6) is 0.635. The van der Waals surface area contributed by atoms with Crippen LogP contribution in [0.25, 0.3) is 0 Å². The van der Waals surface area contributed by atoms with Crippen molar-refractivity contribution in [1.82, 2.24) is 5.32 Å². The normalized spacial score (nSPS) is 13.6. The molecule has 0 aliphatic rings. The minimum Gasteiger partial charge on any atom is -0.497 e. The fourth-order valence-electron chi connectivity index (χ4n) is 2.11. The molecule has 0 bridgehead atoms. The number of methoxy groups -OCH3 is 2. The van der Waals surface area contributed by atoms with E-state index in [9.17, 15) is 4.79 Å². The maximum Gasteiger partial charge on any atom is 0.322 e. The molecule has 0 aliphatic carbocycles. The van der Waals surface area contributed by atoms with E-state index in [-0.39, 0.29) is 18.1 Å². The molecule has 0 saturated heterocycles. The zero-order chi connectivity index (χ0) is 15.0. The Morgan fingerprint density at radius 3 is 2.40 bits per heavy atom. The highest BCUT2D eigenvalue weighted by molar-refractivity contribution is 5.75. The van der Waals surface area contributed by atoms with Crippen molar-refractivity contribution in [2.75, 3.05) is 14.2 Å². The van der Waals surface area contributed by atoms with E-state index in [0.29, 0.717) is 0 Å². The molecule has 0 fully saturated rings. The van der Waals surface area contributed by atoms with E-state index in [0.717, 1.165) is 30.6 Å². The summed E-state index contributed by atoms with van der Waals surface area (Å²) in [5.41, 5.74) is 1.12.